The number of hydrogen-bond donors (Lipinski definition) is 3. The molecule has 0 bridgehead atoms. The van der Waals surface area contributed by atoms with Gasteiger partial charge in [-0.05, 0) is 42.5 Å². The van der Waals surface area contributed by atoms with Crippen LogP contribution >= 0.6 is 34.8 Å². The van der Waals surface area contributed by atoms with Crippen LogP contribution in [0.2, 0.25) is 15.2 Å². The number of pyridine rings is 1. The molecule has 0 spiro atoms. The summed E-state index contributed by atoms with van der Waals surface area (Å²) in [5.74, 6) is 0.512. The first-order valence-corrected chi connectivity index (χ1v) is 9.28. The topological polar surface area (TPSA) is 82.7 Å². The highest BCUT2D eigenvalue weighted by Gasteiger charge is 2.12. The van der Waals surface area contributed by atoms with Gasteiger partial charge in [0.2, 0.25) is 5.95 Å². The standard InChI is InChI=1S/C19H12Cl3N5O/c20-11-3-1-4-12(21)17(11)27-19-23-13-8-7-10(9-14(13)24-19)18(28)26-16-6-2-5-15(22)25-16/h1-9H,(H2,23,24,27)(H,25,26,28). The fourth-order valence-electron chi connectivity index (χ4n) is 2.61. The molecule has 4 aromatic rings. The Morgan fingerprint density at radius 1 is 0.929 bits per heavy atom. The zero-order valence-electron chi connectivity index (χ0n) is 14.1. The number of halogens is 3. The second-order valence-corrected chi connectivity index (χ2v) is 7.04. The number of nitrogens with zero attached hydrogens (tertiary/aromatic N) is 2. The summed E-state index contributed by atoms with van der Waals surface area (Å²) in [6, 6.07) is 15.3. The Balaban J connectivity index is 1.58. The van der Waals surface area contributed by atoms with E-state index < -0.39 is 0 Å². The lowest BCUT2D eigenvalue weighted by atomic mass is 10.2. The molecule has 0 radical (unpaired) electrons. The molecule has 0 fully saturated rings. The third-order valence-electron chi connectivity index (χ3n) is 3.91. The van der Waals surface area contributed by atoms with E-state index in [-0.39, 0.29) is 5.91 Å². The van der Waals surface area contributed by atoms with Crippen LogP contribution < -0.4 is 10.6 Å². The number of benzene rings is 2. The van der Waals surface area contributed by atoms with Crippen molar-refractivity contribution < 1.29 is 4.79 Å². The number of carbonyl (C=O) groups excluding carboxylic acids is 1. The maximum Gasteiger partial charge on any atom is 0.256 e. The highest BCUT2D eigenvalue weighted by Crippen LogP contribution is 2.32. The van der Waals surface area contributed by atoms with Crippen LogP contribution in [0.3, 0.4) is 0 Å². The van der Waals surface area contributed by atoms with Crippen molar-refractivity contribution in [3.63, 3.8) is 0 Å². The molecule has 1 amide bonds. The van der Waals surface area contributed by atoms with Crippen molar-refractivity contribution in [1.29, 1.82) is 0 Å². The lowest BCUT2D eigenvalue weighted by molar-refractivity contribution is 0.102. The lowest BCUT2D eigenvalue weighted by Gasteiger charge is -2.06. The number of anilines is 3. The van der Waals surface area contributed by atoms with E-state index >= 15 is 0 Å². The van der Waals surface area contributed by atoms with Crippen LogP contribution in [0.1, 0.15) is 10.4 Å². The first kappa shape index (κ1) is 18.6. The molecule has 0 atom stereocenters. The summed E-state index contributed by atoms with van der Waals surface area (Å²) in [5, 5.41) is 7.02. The third-order valence-corrected chi connectivity index (χ3v) is 4.75. The molecular weight excluding hydrogens is 421 g/mol. The van der Waals surface area contributed by atoms with Crippen molar-refractivity contribution >= 4 is 69.2 Å². The second kappa shape index (κ2) is 7.67. The molecule has 9 heteroatoms. The maximum absolute atomic E-state index is 12.5. The zero-order valence-corrected chi connectivity index (χ0v) is 16.4. The van der Waals surface area contributed by atoms with Gasteiger partial charge < -0.3 is 15.6 Å². The van der Waals surface area contributed by atoms with Crippen molar-refractivity contribution in [2.24, 2.45) is 0 Å². The molecule has 2 aromatic heterocycles. The molecule has 0 aliphatic heterocycles. The summed E-state index contributed by atoms with van der Waals surface area (Å²) >= 11 is 18.2. The van der Waals surface area contributed by atoms with Crippen LogP contribution in [-0.4, -0.2) is 20.9 Å². The Hall–Kier alpha value is -2.80. The average Bonchev–Trinajstić information content (AvgIpc) is 3.06. The molecule has 6 nitrogen and oxygen atoms in total. The fourth-order valence-corrected chi connectivity index (χ4v) is 3.26. The Bertz CT molecular complexity index is 1170. The monoisotopic (exact) mass is 431 g/mol. The van der Waals surface area contributed by atoms with Crippen molar-refractivity contribution in [3.8, 4) is 0 Å². The van der Waals surface area contributed by atoms with Crippen molar-refractivity contribution in [1.82, 2.24) is 15.0 Å². The van der Waals surface area contributed by atoms with Crippen LogP contribution in [0.5, 0.6) is 0 Å². The van der Waals surface area contributed by atoms with Gasteiger partial charge in [-0.2, -0.15) is 0 Å². The molecule has 0 aliphatic carbocycles. The SMILES string of the molecule is O=C(Nc1cccc(Cl)n1)c1ccc2[nH]c(Nc3c(Cl)cccc3Cl)nc2c1. The quantitative estimate of drug-likeness (QED) is 0.350. The first-order chi connectivity index (χ1) is 13.5. The summed E-state index contributed by atoms with van der Waals surface area (Å²) in [5.41, 5.74) is 2.35. The van der Waals surface area contributed by atoms with E-state index in [2.05, 4.69) is 25.6 Å². The van der Waals surface area contributed by atoms with Crippen molar-refractivity contribution in [3.05, 3.63) is 75.4 Å². The van der Waals surface area contributed by atoms with Gasteiger partial charge in [0.25, 0.3) is 5.91 Å². The summed E-state index contributed by atoms with van der Waals surface area (Å²) in [4.78, 5) is 24.1. The number of fused-ring (bicyclic) bond motifs is 1. The summed E-state index contributed by atoms with van der Waals surface area (Å²) in [7, 11) is 0. The van der Waals surface area contributed by atoms with Gasteiger partial charge in [-0.1, -0.05) is 46.9 Å². The van der Waals surface area contributed by atoms with E-state index in [1.54, 1.807) is 54.6 Å². The number of para-hydroxylation sites is 1. The highest BCUT2D eigenvalue weighted by atomic mass is 35.5. The lowest BCUT2D eigenvalue weighted by Crippen LogP contribution is -2.12. The van der Waals surface area contributed by atoms with Gasteiger partial charge in [-0.15, -0.1) is 0 Å². The van der Waals surface area contributed by atoms with E-state index in [9.17, 15) is 4.79 Å². The Kier molecular flexibility index (Phi) is 5.09. The van der Waals surface area contributed by atoms with Crippen LogP contribution in [0.25, 0.3) is 11.0 Å². The molecular formula is C19H12Cl3N5O. The molecule has 2 heterocycles. The predicted octanol–water partition coefficient (Wildman–Crippen LogP) is 5.91. The van der Waals surface area contributed by atoms with E-state index in [1.165, 1.54) is 0 Å². The minimum absolute atomic E-state index is 0.300. The number of nitrogens with one attached hydrogen (secondary N) is 3. The number of hydrogen-bond acceptors (Lipinski definition) is 4. The number of aromatic amines is 1. The van der Waals surface area contributed by atoms with Crippen molar-refractivity contribution in [2.45, 2.75) is 0 Å². The van der Waals surface area contributed by atoms with Gasteiger partial charge in [0.1, 0.15) is 11.0 Å². The fraction of sp³-hybridized carbons (Fsp3) is 0. The highest BCUT2D eigenvalue weighted by molar-refractivity contribution is 6.39. The average molecular weight is 433 g/mol. The molecule has 0 unspecified atom stereocenters. The number of aromatic nitrogens is 3. The molecule has 0 aliphatic rings. The molecule has 3 N–H and O–H groups in total. The summed E-state index contributed by atoms with van der Waals surface area (Å²) < 4.78 is 0. The first-order valence-electron chi connectivity index (χ1n) is 8.14. The molecule has 28 heavy (non-hydrogen) atoms. The zero-order chi connectivity index (χ0) is 19.7. The summed E-state index contributed by atoms with van der Waals surface area (Å²) in [6.45, 7) is 0. The van der Waals surface area contributed by atoms with E-state index in [0.717, 1.165) is 5.52 Å². The van der Waals surface area contributed by atoms with E-state index in [0.29, 0.717) is 43.7 Å². The number of amides is 1. The number of carbonyl (C=O) groups is 1. The molecule has 4 rings (SSSR count). The van der Waals surface area contributed by atoms with Gasteiger partial charge in [-0.25, -0.2) is 9.97 Å². The Morgan fingerprint density at radius 3 is 2.43 bits per heavy atom. The van der Waals surface area contributed by atoms with Crippen LogP contribution in [0.15, 0.2) is 54.6 Å². The largest absolute Gasteiger partial charge is 0.324 e. The van der Waals surface area contributed by atoms with Crippen LogP contribution in [0, 0.1) is 0 Å². The van der Waals surface area contributed by atoms with Crippen LogP contribution in [0.4, 0.5) is 17.5 Å². The Labute approximate surface area is 174 Å². The smallest absolute Gasteiger partial charge is 0.256 e. The molecule has 0 saturated heterocycles. The van der Waals surface area contributed by atoms with Gasteiger partial charge in [-0.3, -0.25) is 4.79 Å². The number of imidazole rings is 1. The predicted molar refractivity (Wildman–Crippen MR) is 113 cm³/mol. The van der Waals surface area contributed by atoms with Gasteiger partial charge in [0, 0.05) is 5.56 Å². The minimum Gasteiger partial charge on any atom is -0.324 e. The van der Waals surface area contributed by atoms with Crippen LogP contribution in [-0.2, 0) is 0 Å². The third kappa shape index (κ3) is 3.89. The Morgan fingerprint density at radius 2 is 1.68 bits per heavy atom. The summed E-state index contributed by atoms with van der Waals surface area (Å²) in [6.07, 6.45) is 0. The number of H-pyrrole nitrogens is 1. The maximum atomic E-state index is 12.5. The molecule has 0 saturated carbocycles. The van der Waals surface area contributed by atoms with E-state index in [4.69, 9.17) is 34.8 Å². The van der Waals surface area contributed by atoms with Crippen molar-refractivity contribution in [2.75, 3.05) is 10.6 Å². The second-order valence-electron chi connectivity index (χ2n) is 5.84. The molecule has 2 aromatic carbocycles. The van der Waals surface area contributed by atoms with Gasteiger partial charge >= 0.3 is 0 Å². The van der Waals surface area contributed by atoms with E-state index in [1.807, 2.05) is 0 Å². The van der Waals surface area contributed by atoms with Gasteiger partial charge in [0.15, 0.2) is 0 Å². The van der Waals surface area contributed by atoms with Gasteiger partial charge in [0.05, 0.1) is 26.8 Å². The number of rotatable bonds is 4. The minimum atomic E-state index is -0.316. The molecule has 140 valence electrons. The normalized spacial score (nSPS) is 10.8.